The number of hydrogen-bond acceptors (Lipinski definition) is 7. The van der Waals surface area contributed by atoms with Crippen LogP contribution in [0, 0.1) is 0 Å². The van der Waals surface area contributed by atoms with Crippen LogP contribution in [0.4, 0.5) is 15.6 Å². The zero-order valence-electron chi connectivity index (χ0n) is 20.4. The number of aromatic nitrogens is 2. The molecule has 10 heteroatoms. The van der Waals surface area contributed by atoms with Gasteiger partial charge in [-0.3, -0.25) is 10.1 Å². The molecule has 0 fully saturated rings. The number of nitrogens with zero attached hydrogens (tertiary/aromatic N) is 2. The molecule has 0 aliphatic carbocycles. The summed E-state index contributed by atoms with van der Waals surface area (Å²) >= 11 is 1.24. The normalized spacial score (nSPS) is 11.3. The Labute approximate surface area is 218 Å². The minimum absolute atomic E-state index is 0.289. The molecule has 0 aliphatic heterocycles. The van der Waals surface area contributed by atoms with Gasteiger partial charge in [0, 0.05) is 12.0 Å². The number of anilines is 2. The Bertz CT molecular complexity index is 1330. The SMILES string of the molecule is CCOc1ccccc1NC(=O)NC(Cc1ccccc1)C(=O)Nc1nnc(-c2ccc(OC)cc2)s1. The Hall–Kier alpha value is -4.44. The first kappa shape index (κ1) is 25.6. The first-order chi connectivity index (χ1) is 18.1. The van der Waals surface area contributed by atoms with E-state index < -0.39 is 18.0 Å². The first-order valence-electron chi connectivity index (χ1n) is 11.7. The monoisotopic (exact) mass is 517 g/mol. The molecule has 9 nitrogen and oxygen atoms in total. The molecule has 4 rings (SSSR count). The molecule has 0 spiro atoms. The van der Waals surface area contributed by atoms with Gasteiger partial charge in [0.1, 0.15) is 22.5 Å². The number of amides is 3. The second-order valence-corrected chi connectivity index (χ2v) is 8.88. The highest BCUT2D eigenvalue weighted by molar-refractivity contribution is 7.18. The van der Waals surface area contributed by atoms with Crippen LogP contribution in [-0.2, 0) is 11.2 Å². The van der Waals surface area contributed by atoms with Gasteiger partial charge in [0.05, 0.1) is 19.4 Å². The van der Waals surface area contributed by atoms with Crippen LogP contribution >= 0.6 is 11.3 Å². The van der Waals surface area contributed by atoms with E-state index in [1.165, 1.54) is 11.3 Å². The molecule has 37 heavy (non-hydrogen) atoms. The van der Waals surface area contributed by atoms with Gasteiger partial charge in [0.25, 0.3) is 0 Å². The van der Waals surface area contributed by atoms with Crippen molar-refractivity contribution >= 4 is 34.1 Å². The van der Waals surface area contributed by atoms with Crippen molar-refractivity contribution in [3.8, 4) is 22.1 Å². The third-order valence-corrected chi connectivity index (χ3v) is 6.22. The van der Waals surface area contributed by atoms with E-state index in [1.807, 2.05) is 67.6 Å². The topological polar surface area (TPSA) is 114 Å². The number of urea groups is 1. The summed E-state index contributed by atoms with van der Waals surface area (Å²) in [5, 5.41) is 17.6. The van der Waals surface area contributed by atoms with E-state index in [4.69, 9.17) is 9.47 Å². The van der Waals surface area contributed by atoms with Crippen LogP contribution < -0.4 is 25.4 Å². The number of carbonyl (C=O) groups excluding carboxylic acids is 2. The summed E-state index contributed by atoms with van der Waals surface area (Å²) in [6, 6.07) is 22.6. The van der Waals surface area contributed by atoms with E-state index in [9.17, 15) is 9.59 Å². The molecule has 3 N–H and O–H groups in total. The number of para-hydroxylation sites is 2. The summed E-state index contributed by atoms with van der Waals surface area (Å²) in [5.74, 6) is 0.873. The molecule has 0 aliphatic rings. The second kappa shape index (κ2) is 12.5. The minimum Gasteiger partial charge on any atom is -0.497 e. The smallest absolute Gasteiger partial charge is 0.320 e. The number of nitrogens with one attached hydrogen (secondary N) is 3. The van der Waals surface area contributed by atoms with Gasteiger partial charge in [-0.1, -0.05) is 53.8 Å². The minimum atomic E-state index is -0.866. The van der Waals surface area contributed by atoms with E-state index in [-0.39, 0.29) is 6.42 Å². The van der Waals surface area contributed by atoms with Crippen molar-refractivity contribution in [3.63, 3.8) is 0 Å². The van der Waals surface area contributed by atoms with Gasteiger partial charge in [0.15, 0.2) is 0 Å². The Morgan fingerprint density at radius 2 is 1.65 bits per heavy atom. The van der Waals surface area contributed by atoms with Crippen LogP contribution in [0.25, 0.3) is 10.6 Å². The lowest BCUT2D eigenvalue weighted by atomic mass is 10.1. The maximum atomic E-state index is 13.2. The number of methoxy groups -OCH3 is 1. The molecule has 0 radical (unpaired) electrons. The standard InChI is InChI=1S/C27H27N5O4S/c1-3-36-23-12-8-7-11-21(23)28-26(34)29-22(17-18-9-5-4-6-10-18)24(33)30-27-32-31-25(37-27)19-13-15-20(35-2)16-14-19/h4-16,22H,3,17H2,1-2H3,(H2,28,29,34)(H,30,32,33). The third kappa shape index (κ3) is 7.05. The van der Waals surface area contributed by atoms with Gasteiger partial charge in [-0.25, -0.2) is 4.79 Å². The van der Waals surface area contributed by atoms with Crippen LogP contribution in [0.1, 0.15) is 12.5 Å². The summed E-state index contributed by atoms with van der Waals surface area (Å²) in [6.07, 6.45) is 0.289. The molecule has 0 bridgehead atoms. The van der Waals surface area contributed by atoms with Gasteiger partial charge in [-0.05, 0) is 48.9 Å². The van der Waals surface area contributed by atoms with Gasteiger partial charge in [0.2, 0.25) is 11.0 Å². The Balaban J connectivity index is 1.47. The van der Waals surface area contributed by atoms with E-state index in [0.29, 0.717) is 28.2 Å². The highest BCUT2D eigenvalue weighted by Gasteiger charge is 2.23. The van der Waals surface area contributed by atoms with Gasteiger partial charge in [-0.2, -0.15) is 0 Å². The quantitative estimate of drug-likeness (QED) is 0.273. The molecule has 1 aromatic heterocycles. The fraction of sp³-hybridized carbons (Fsp3) is 0.185. The van der Waals surface area contributed by atoms with Crippen molar-refractivity contribution < 1.29 is 19.1 Å². The van der Waals surface area contributed by atoms with Crippen molar-refractivity contribution in [1.29, 1.82) is 0 Å². The Kier molecular flexibility index (Phi) is 8.66. The lowest BCUT2D eigenvalue weighted by Gasteiger charge is -2.19. The van der Waals surface area contributed by atoms with Crippen LogP contribution in [0.2, 0.25) is 0 Å². The Morgan fingerprint density at radius 3 is 2.38 bits per heavy atom. The van der Waals surface area contributed by atoms with Crippen molar-refractivity contribution in [2.75, 3.05) is 24.4 Å². The van der Waals surface area contributed by atoms with Gasteiger partial charge < -0.3 is 20.1 Å². The largest absolute Gasteiger partial charge is 0.497 e. The highest BCUT2D eigenvalue weighted by atomic mass is 32.1. The van der Waals surface area contributed by atoms with Crippen LogP contribution in [0.3, 0.4) is 0 Å². The lowest BCUT2D eigenvalue weighted by Crippen LogP contribution is -2.47. The van der Waals surface area contributed by atoms with Gasteiger partial charge in [-0.15, -0.1) is 10.2 Å². The average molecular weight is 518 g/mol. The van der Waals surface area contributed by atoms with Gasteiger partial charge >= 0.3 is 6.03 Å². The zero-order chi connectivity index (χ0) is 26.0. The molecule has 1 heterocycles. The summed E-state index contributed by atoms with van der Waals surface area (Å²) in [4.78, 5) is 26.1. The predicted octanol–water partition coefficient (Wildman–Crippen LogP) is 4.98. The molecule has 0 saturated heterocycles. The Morgan fingerprint density at radius 1 is 0.919 bits per heavy atom. The van der Waals surface area contributed by atoms with Crippen molar-refractivity contribution in [3.05, 3.63) is 84.4 Å². The second-order valence-electron chi connectivity index (χ2n) is 7.90. The summed E-state index contributed by atoms with van der Waals surface area (Å²) in [7, 11) is 1.60. The molecular weight excluding hydrogens is 490 g/mol. The molecule has 1 atom stereocenters. The number of benzene rings is 3. The number of rotatable bonds is 10. The molecule has 3 aromatic carbocycles. The predicted molar refractivity (Wildman–Crippen MR) is 144 cm³/mol. The summed E-state index contributed by atoms with van der Waals surface area (Å²) < 4.78 is 10.8. The van der Waals surface area contributed by atoms with E-state index >= 15 is 0 Å². The molecule has 1 unspecified atom stereocenters. The van der Waals surface area contributed by atoms with E-state index in [0.717, 1.165) is 16.9 Å². The fourth-order valence-corrected chi connectivity index (χ4v) is 4.30. The molecular formula is C27H27N5O4S. The van der Waals surface area contributed by atoms with Crippen LogP contribution in [0.15, 0.2) is 78.9 Å². The van der Waals surface area contributed by atoms with Crippen molar-refractivity contribution in [2.45, 2.75) is 19.4 Å². The molecule has 4 aromatic rings. The maximum absolute atomic E-state index is 13.2. The van der Waals surface area contributed by atoms with Crippen LogP contribution in [0.5, 0.6) is 11.5 Å². The van der Waals surface area contributed by atoms with Crippen LogP contribution in [-0.4, -0.2) is 41.9 Å². The highest BCUT2D eigenvalue weighted by Crippen LogP contribution is 2.28. The van der Waals surface area contributed by atoms with E-state index in [2.05, 4.69) is 26.1 Å². The van der Waals surface area contributed by atoms with Crippen molar-refractivity contribution in [1.82, 2.24) is 15.5 Å². The third-order valence-electron chi connectivity index (χ3n) is 5.33. The fourth-order valence-electron chi connectivity index (χ4n) is 3.54. The maximum Gasteiger partial charge on any atom is 0.320 e. The number of carbonyl (C=O) groups is 2. The molecule has 0 saturated carbocycles. The van der Waals surface area contributed by atoms with E-state index in [1.54, 1.807) is 25.3 Å². The first-order valence-corrected chi connectivity index (χ1v) is 12.5. The number of ether oxygens (including phenoxy) is 2. The zero-order valence-corrected chi connectivity index (χ0v) is 21.2. The summed E-state index contributed by atoms with van der Waals surface area (Å²) in [6.45, 7) is 2.32. The number of hydrogen-bond donors (Lipinski definition) is 3. The lowest BCUT2D eigenvalue weighted by molar-refractivity contribution is -0.117. The molecule has 3 amide bonds. The summed E-state index contributed by atoms with van der Waals surface area (Å²) in [5.41, 5.74) is 2.26. The molecule has 190 valence electrons. The average Bonchev–Trinajstić information content (AvgIpc) is 3.38. The van der Waals surface area contributed by atoms with Crippen molar-refractivity contribution in [2.24, 2.45) is 0 Å².